The molecule has 0 heterocycles. The van der Waals surface area contributed by atoms with Gasteiger partial charge in [-0.3, -0.25) is 0 Å². The molecule has 0 saturated heterocycles. The van der Waals surface area contributed by atoms with Gasteiger partial charge in [0.05, 0.1) is 7.37 Å². The second kappa shape index (κ2) is 4.12. The molecule has 0 bridgehead atoms. The first-order valence-corrected chi connectivity index (χ1v) is 6.39. The molecule has 0 aliphatic rings. The highest BCUT2D eigenvalue weighted by Crippen LogP contribution is 2.33. The maximum absolute atomic E-state index is 12.1. The molecule has 0 amide bonds. The SMILES string of the molecule is O=P([O-])(c1ccccc1)c1ccc(O)cc1. The van der Waals surface area contributed by atoms with Gasteiger partial charge >= 0.3 is 0 Å². The average molecular weight is 233 g/mol. The molecule has 0 fully saturated rings. The molecular weight excluding hydrogens is 223 g/mol. The number of rotatable bonds is 2. The second-order valence-corrected chi connectivity index (χ2v) is 5.54. The van der Waals surface area contributed by atoms with E-state index in [4.69, 9.17) is 5.11 Å². The lowest BCUT2D eigenvalue weighted by molar-refractivity contribution is -0.167. The van der Waals surface area contributed by atoms with Crippen LogP contribution in [0, 0.1) is 0 Å². The quantitative estimate of drug-likeness (QED) is 0.786. The van der Waals surface area contributed by atoms with Gasteiger partial charge < -0.3 is 14.6 Å². The summed E-state index contributed by atoms with van der Waals surface area (Å²) < 4.78 is 12.1. The molecule has 3 nitrogen and oxygen atoms in total. The average Bonchev–Trinajstić information content (AvgIpc) is 2.31. The Kier molecular flexibility index (Phi) is 2.82. The van der Waals surface area contributed by atoms with Crippen LogP contribution in [0.4, 0.5) is 0 Å². The van der Waals surface area contributed by atoms with Crippen molar-refractivity contribution in [3.05, 3.63) is 54.6 Å². The van der Waals surface area contributed by atoms with Gasteiger partial charge in [-0.25, -0.2) is 0 Å². The molecule has 16 heavy (non-hydrogen) atoms. The van der Waals surface area contributed by atoms with Gasteiger partial charge in [-0.05, 0) is 24.3 Å². The van der Waals surface area contributed by atoms with Gasteiger partial charge in [-0.15, -0.1) is 0 Å². The third-order valence-electron chi connectivity index (χ3n) is 2.29. The zero-order valence-corrected chi connectivity index (χ0v) is 9.30. The molecule has 0 spiro atoms. The Balaban J connectivity index is 2.47. The Hall–Kier alpha value is -1.57. The predicted octanol–water partition coefficient (Wildman–Crippen LogP) is 0.981. The molecule has 2 rings (SSSR count). The summed E-state index contributed by atoms with van der Waals surface area (Å²) in [7, 11) is -3.78. The normalized spacial score (nSPS) is 14.3. The van der Waals surface area contributed by atoms with E-state index in [-0.39, 0.29) is 16.4 Å². The minimum absolute atomic E-state index is 0.0526. The van der Waals surface area contributed by atoms with Crippen molar-refractivity contribution in [2.24, 2.45) is 0 Å². The van der Waals surface area contributed by atoms with E-state index in [2.05, 4.69) is 0 Å². The molecule has 1 atom stereocenters. The van der Waals surface area contributed by atoms with Crippen molar-refractivity contribution in [3.8, 4) is 5.75 Å². The minimum Gasteiger partial charge on any atom is -0.793 e. The van der Waals surface area contributed by atoms with Crippen molar-refractivity contribution < 1.29 is 14.6 Å². The highest BCUT2D eigenvalue weighted by molar-refractivity contribution is 7.72. The Labute approximate surface area is 93.5 Å². The summed E-state index contributed by atoms with van der Waals surface area (Å²) in [6.07, 6.45) is 0. The molecule has 82 valence electrons. The number of benzene rings is 2. The number of phenols is 1. The van der Waals surface area contributed by atoms with Gasteiger partial charge in [0.15, 0.2) is 0 Å². The minimum atomic E-state index is -3.78. The van der Waals surface area contributed by atoms with E-state index in [0.717, 1.165) is 0 Å². The van der Waals surface area contributed by atoms with Crippen LogP contribution in [0.15, 0.2) is 54.6 Å². The zero-order valence-electron chi connectivity index (χ0n) is 8.41. The number of hydrogen-bond donors (Lipinski definition) is 1. The van der Waals surface area contributed by atoms with Crippen LogP contribution in [0.1, 0.15) is 0 Å². The smallest absolute Gasteiger partial charge is 0.115 e. The van der Waals surface area contributed by atoms with Crippen LogP contribution in [0.2, 0.25) is 0 Å². The molecular formula is C12H10O3P-. The van der Waals surface area contributed by atoms with E-state index in [9.17, 15) is 9.46 Å². The summed E-state index contributed by atoms with van der Waals surface area (Å²) >= 11 is 0. The van der Waals surface area contributed by atoms with E-state index >= 15 is 0 Å². The number of phenolic OH excluding ortho intramolecular Hbond substituents is 1. The fourth-order valence-corrected chi connectivity index (χ4v) is 2.83. The topological polar surface area (TPSA) is 60.4 Å². The lowest BCUT2D eigenvalue weighted by atomic mass is 10.3. The van der Waals surface area contributed by atoms with Crippen LogP contribution in [0.5, 0.6) is 5.75 Å². The molecule has 0 aliphatic heterocycles. The highest BCUT2D eigenvalue weighted by atomic mass is 31.2. The first kappa shape index (κ1) is 10.9. The van der Waals surface area contributed by atoms with Crippen molar-refractivity contribution in [1.29, 1.82) is 0 Å². The molecule has 0 saturated carbocycles. The summed E-state index contributed by atoms with van der Waals surface area (Å²) in [5.41, 5.74) is 0. The van der Waals surface area contributed by atoms with E-state index in [0.29, 0.717) is 0 Å². The van der Waals surface area contributed by atoms with Crippen LogP contribution in [0.3, 0.4) is 0 Å². The van der Waals surface area contributed by atoms with Gasteiger partial charge in [0.25, 0.3) is 0 Å². The summed E-state index contributed by atoms with van der Waals surface area (Å²) in [5.74, 6) is 0.0526. The van der Waals surface area contributed by atoms with E-state index in [1.807, 2.05) is 0 Å². The number of hydrogen-bond acceptors (Lipinski definition) is 3. The van der Waals surface area contributed by atoms with Crippen molar-refractivity contribution in [2.45, 2.75) is 0 Å². The van der Waals surface area contributed by atoms with Gasteiger partial charge in [-0.1, -0.05) is 30.3 Å². The van der Waals surface area contributed by atoms with Crippen molar-refractivity contribution in [1.82, 2.24) is 0 Å². The van der Waals surface area contributed by atoms with Crippen molar-refractivity contribution in [2.75, 3.05) is 0 Å². The summed E-state index contributed by atoms with van der Waals surface area (Å²) in [6.45, 7) is 0. The summed E-state index contributed by atoms with van der Waals surface area (Å²) in [6, 6.07) is 13.8. The Morgan fingerprint density at radius 3 is 1.94 bits per heavy atom. The largest absolute Gasteiger partial charge is 0.793 e. The summed E-state index contributed by atoms with van der Waals surface area (Å²) in [5, 5.41) is 9.58. The number of aromatic hydroxyl groups is 1. The maximum Gasteiger partial charge on any atom is 0.115 e. The van der Waals surface area contributed by atoms with Gasteiger partial charge in [-0.2, -0.15) is 0 Å². The summed E-state index contributed by atoms with van der Waals surface area (Å²) in [4.78, 5) is 12.1. The monoisotopic (exact) mass is 233 g/mol. The van der Waals surface area contributed by atoms with Gasteiger partial charge in [0.1, 0.15) is 5.75 Å². The second-order valence-electron chi connectivity index (χ2n) is 3.40. The predicted molar refractivity (Wildman–Crippen MR) is 61.4 cm³/mol. The highest BCUT2D eigenvalue weighted by Gasteiger charge is 2.13. The Morgan fingerprint density at radius 2 is 1.38 bits per heavy atom. The fraction of sp³-hybridized carbons (Fsp3) is 0. The third-order valence-corrected chi connectivity index (χ3v) is 4.24. The van der Waals surface area contributed by atoms with Gasteiger partial charge in [0.2, 0.25) is 0 Å². The van der Waals surface area contributed by atoms with Crippen LogP contribution in [0.25, 0.3) is 0 Å². The van der Waals surface area contributed by atoms with Crippen LogP contribution in [-0.2, 0) is 4.57 Å². The van der Waals surface area contributed by atoms with Crippen molar-refractivity contribution >= 4 is 18.0 Å². The lowest BCUT2D eigenvalue weighted by Crippen LogP contribution is -2.24. The molecule has 2 aromatic carbocycles. The van der Waals surface area contributed by atoms with E-state index < -0.39 is 7.37 Å². The molecule has 0 aromatic heterocycles. The zero-order chi connectivity index (χ0) is 11.6. The molecule has 0 aliphatic carbocycles. The standard InChI is InChI=1S/C12H11O3P/c13-10-6-8-12(9-7-10)16(14,15)11-4-2-1-3-5-11/h1-9,13H,(H,14,15)/p-1. The molecule has 4 heteroatoms. The van der Waals surface area contributed by atoms with E-state index in [1.165, 1.54) is 24.3 Å². The van der Waals surface area contributed by atoms with Gasteiger partial charge in [0, 0.05) is 10.6 Å². The lowest BCUT2D eigenvalue weighted by Gasteiger charge is -2.24. The first-order chi connectivity index (χ1) is 7.60. The van der Waals surface area contributed by atoms with Crippen molar-refractivity contribution in [3.63, 3.8) is 0 Å². The van der Waals surface area contributed by atoms with Crippen LogP contribution < -0.4 is 15.5 Å². The fourth-order valence-electron chi connectivity index (χ4n) is 1.42. The molecule has 2 aromatic rings. The third kappa shape index (κ3) is 2.01. The van der Waals surface area contributed by atoms with Crippen LogP contribution in [-0.4, -0.2) is 5.11 Å². The Morgan fingerprint density at radius 1 is 0.875 bits per heavy atom. The Bertz CT molecular complexity index is 520. The first-order valence-electron chi connectivity index (χ1n) is 4.77. The molecule has 1 N–H and O–H groups in total. The maximum atomic E-state index is 12.1. The molecule has 0 radical (unpaired) electrons. The van der Waals surface area contributed by atoms with E-state index in [1.54, 1.807) is 30.3 Å². The molecule has 1 unspecified atom stereocenters. The van der Waals surface area contributed by atoms with Crippen LogP contribution >= 0.6 is 7.37 Å².